The molecule has 4 aromatic heterocycles. The van der Waals surface area contributed by atoms with Crippen LogP contribution in [0.2, 0.25) is 0 Å². The highest BCUT2D eigenvalue weighted by Crippen LogP contribution is 2.30. The smallest absolute Gasteiger partial charge is 0.247 e. The minimum absolute atomic E-state index is 0.297. The minimum atomic E-state index is -0.297. The predicted octanol–water partition coefficient (Wildman–Crippen LogP) is 5.06. The number of carbonyl (C=O) groups is 1. The third kappa shape index (κ3) is 3.96. The van der Waals surface area contributed by atoms with Crippen LogP contribution in [0.5, 0.6) is 11.6 Å². The number of rotatable bonds is 6. The summed E-state index contributed by atoms with van der Waals surface area (Å²) in [7, 11) is 0. The van der Waals surface area contributed by atoms with Crippen LogP contribution in [0.1, 0.15) is 0 Å². The maximum Gasteiger partial charge on any atom is 0.247 e. The number of hydrogen-bond acceptors (Lipinski definition) is 7. The Balaban J connectivity index is 1.42. The van der Waals surface area contributed by atoms with Crippen molar-refractivity contribution in [3.63, 3.8) is 0 Å². The lowest BCUT2D eigenvalue weighted by atomic mass is 10.1. The number of pyridine rings is 1. The predicted molar refractivity (Wildman–Crippen MR) is 124 cm³/mol. The number of amides is 1. The van der Waals surface area contributed by atoms with Crippen LogP contribution in [-0.4, -0.2) is 30.8 Å². The fraction of sp³-hybridized carbons (Fsp3) is 0. The van der Waals surface area contributed by atoms with Crippen LogP contribution >= 0.6 is 11.3 Å². The van der Waals surface area contributed by atoms with E-state index in [4.69, 9.17) is 4.74 Å². The summed E-state index contributed by atoms with van der Waals surface area (Å²) in [5.41, 5.74) is 7.11. The van der Waals surface area contributed by atoms with Crippen molar-refractivity contribution in [1.29, 1.82) is 0 Å². The Morgan fingerprint density at radius 1 is 1.12 bits per heavy atom. The molecule has 0 aliphatic rings. The highest BCUT2D eigenvalue weighted by Gasteiger charge is 2.12. The number of benzene rings is 1. The van der Waals surface area contributed by atoms with Crippen LogP contribution in [-0.2, 0) is 4.79 Å². The molecule has 5 rings (SSSR count). The molecule has 156 valence electrons. The summed E-state index contributed by atoms with van der Waals surface area (Å²) in [4.78, 5) is 32.5. The Morgan fingerprint density at radius 3 is 2.84 bits per heavy atom. The van der Waals surface area contributed by atoms with Crippen LogP contribution in [0.3, 0.4) is 0 Å². The number of ether oxygens (including phenoxy) is 1. The Labute approximate surface area is 186 Å². The van der Waals surface area contributed by atoms with E-state index in [9.17, 15) is 4.79 Å². The van der Waals surface area contributed by atoms with Gasteiger partial charge >= 0.3 is 0 Å². The first-order valence-electron chi connectivity index (χ1n) is 9.60. The summed E-state index contributed by atoms with van der Waals surface area (Å²) in [5.74, 6) is 0.555. The van der Waals surface area contributed by atoms with Crippen molar-refractivity contribution in [2.75, 3.05) is 5.32 Å². The Bertz CT molecular complexity index is 1410. The average Bonchev–Trinajstić information content (AvgIpc) is 3.50. The third-order valence-corrected chi connectivity index (χ3v) is 5.22. The molecule has 5 aromatic rings. The lowest BCUT2D eigenvalue weighted by Crippen LogP contribution is -2.07. The molecule has 8 nitrogen and oxygen atoms in total. The number of carbonyl (C=O) groups excluding carboxylic acids is 1. The molecule has 32 heavy (non-hydrogen) atoms. The van der Waals surface area contributed by atoms with Crippen molar-refractivity contribution in [2.45, 2.75) is 0 Å². The molecule has 2 N–H and O–H groups in total. The van der Waals surface area contributed by atoms with E-state index in [1.165, 1.54) is 17.4 Å². The van der Waals surface area contributed by atoms with Crippen molar-refractivity contribution in [1.82, 2.24) is 24.9 Å². The molecular weight excluding hydrogens is 424 g/mol. The summed E-state index contributed by atoms with van der Waals surface area (Å²) < 4.78 is 5.88. The van der Waals surface area contributed by atoms with E-state index in [0.717, 1.165) is 22.5 Å². The minimum Gasteiger partial charge on any atom is -0.437 e. The number of aromatic amines is 1. The molecule has 1 amide bonds. The van der Waals surface area contributed by atoms with E-state index in [1.54, 1.807) is 42.2 Å². The summed E-state index contributed by atoms with van der Waals surface area (Å²) in [6, 6.07) is 10.9. The number of nitrogens with one attached hydrogen (secondary N) is 2. The molecule has 0 spiro atoms. The molecule has 4 heterocycles. The molecule has 0 fully saturated rings. The van der Waals surface area contributed by atoms with Gasteiger partial charge in [-0.1, -0.05) is 18.7 Å². The summed E-state index contributed by atoms with van der Waals surface area (Å²) >= 11 is 1.53. The maximum absolute atomic E-state index is 11.5. The first kappa shape index (κ1) is 19.6. The Kier molecular flexibility index (Phi) is 5.14. The molecule has 0 saturated carbocycles. The van der Waals surface area contributed by atoms with E-state index in [2.05, 4.69) is 36.8 Å². The number of anilines is 1. The number of H-pyrrole nitrogens is 1. The monoisotopic (exact) mass is 440 g/mol. The molecule has 0 radical (unpaired) electrons. The van der Waals surface area contributed by atoms with Crippen LogP contribution in [0, 0.1) is 0 Å². The highest BCUT2D eigenvalue weighted by molar-refractivity contribution is 7.07. The summed E-state index contributed by atoms with van der Waals surface area (Å²) in [6.07, 6.45) is 6.39. The number of hydrogen-bond donors (Lipinski definition) is 2. The van der Waals surface area contributed by atoms with Gasteiger partial charge in [0.25, 0.3) is 0 Å². The van der Waals surface area contributed by atoms with E-state index < -0.39 is 0 Å². The van der Waals surface area contributed by atoms with Gasteiger partial charge in [0.2, 0.25) is 11.8 Å². The van der Waals surface area contributed by atoms with E-state index >= 15 is 0 Å². The van der Waals surface area contributed by atoms with Gasteiger partial charge in [-0.3, -0.25) is 9.78 Å². The van der Waals surface area contributed by atoms with Crippen molar-refractivity contribution in [2.24, 2.45) is 0 Å². The highest BCUT2D eigenvalue weighted by atomic mass is 32.1. The summed E-state index contributed by atoms with van der Waals surface area (Å²) in [5, 5.41) is 4.66. The van der Waals surface area contributed by atoms with Crippen LogP contribution < -0.4 is 10.1 Å². The van der Waals surface area contributed by atoms with E-state index in [1.807, 2.05) is 23.7 Å². The second-order valence-corrected chi connectivity index (χ2v) is 7.46. The molecule has 0 saturated heterocycles. The Hall–Kier alpha value is -4.37. The van der Waals surface area contributed by atoms with Gasteiger partial charge in [-0.15, -0.1) is 11.3 Å². The lowest BCUT2D eigenvalue weighted by Gasteiger charge is -2.07. The summed E-state index contributed by atoms with van der Waals surface area (Å²) in [6.45, 7) is 3.45. The zero-order valence-electron chi connectivity index (χ0n) is 16.6. The van der Waals surface area contributed by atoms with Gasteiger partial charge in [-0.05, 0) is 24.3 Å². The second kappa shape index (κ2) is 8.40. The molecule has 0 aliphatic heterocycles. The zero-order chi connectivity index (χ0) is 21.9. The number of nitrogens with zero attached hydrogens (tertiary/aromatic N) is 4. The normalized spacial score (nSPS) is 10.8. The van der Waals surface area contributed by atoms with Gasteiger partial charge < -0.3 is 15.0 Å². The number of thiazole rings is 1. The molecular formula is C23H16N6O2S. The van der Waals surface area contributed by atoms with Gasteiger partial charge in [0.15, 0.2) is 5.65 Å². The SMILES string of the molecule is C=CC(=O)Nc1cccc(Oc2cnc3[nH]cc(-c4ccc(-c5cscn5)nc4)c3n2)c1. The van der Waals surface area contributed by atoms with Crippen LogP contribution in [0.25, 0.3) is 33.7 Å². The van der Waals surface area contributed by atoms with Gasteiger partial charge in [-0.25, -0.2) is 15.0 Å². The van der Waals surface area contributed by atoms with Gasteiger partial charge in [0.05, 0.1) is 23.1 Å². The molecule has 9 heteroatoms. The van der Waals surface area contributed by atoms with Crippen molar-refractivity contribution in [3.05, 3.63) is 78.5 Å². The van der Waals surface area contributed by atoms with Crippen molar-refractivity contribution < 1.29 is 9.53 Å². The first-order valence-corrected chi connectivity index (χ1v) is 10.5. The fourth-order valence-electron chi connectivity index (χ4n) is 3.14. The topological polar surface area (TPSA) is 106 Å². The standard InChI is InChI=1S/C23H16N6O2S/c1-2-20(30)28-15-4-3-5-16(8-15)31-21-11-26-23-22(29-21)17(10-25-23)14-6-7-18(24-9-14)19-12-32-13-27-19/h2-13H,1H2,(H,25,26)(H,28,30). The van der Waals surface area contributed by atoms with Crippen molar-refractivity contribution >= 4 is 34.1 Å². The Morgan fingerprint density at radius 2 is 2.06 bits per heavy atom. The lowest BCUT2D eigenvalue weighted by molar-refractivity contribution is -0.111. The third-order valence-electron chi connectivity index (χ3n) is 4.64. The first-order chi connectivity index (χ1) is 15.7. The zero-order valence-corrected chi connectivity index (χ0v) is 17.5. The average molecular weight is 440 g/mol. The molecule has 0 atom stereocenters. The second-order valence-electron chi connectivity index (χ2n) is 6.74. The van der Waals surface area contributed by atoms with Crippen molar-refractivity contribution in [3.8, 4) is 34.1 Å². The molecule has 1 aromatic carbocycles. The van der Waals surface area contributed by atoms with Gasteiger partial charge in [-0.2, -0.15) is 0 Å². The quantitative estimate of drug-likeness (QED) is 0.358. The van der Waals surface area contributed by atoms with Crippen LogP contribution in [0.4, 0.5) is 5.69 Å². The van der Waals surface area contributed by atoms with E-state index in [-0.39, 0.29) is 5.91 Å². The number of fused-ring (bicyclic) bond motifs is 1. The molecule has 0 bridgehead atoms. The van der Waals surface area contributed by atoms with Crippen LogP contribution in [0.15, 0.2) is 78.5 Å². The molecule has 0 unspecified atom stereocenters. The van der Waals surface area contributed by atoms with Gasteiger partial charge in [0.1, 0.15) is 11.3 Å². The van der Waals surface area contributed by atoms with E-state index in [0.29, 0.717) is 28.5 Å². The number of aromatic nitrogens is 5. The fourth-order valence-corrected chi connectivity index (χ4v) is 3.69. The molecule has 0 aliphatic carbocycles. The van der Waals surface area contributed by atoms with Gasteiger partial charge in [0, 0.05) is 40.7 Å². The maximum atomic E-state index is 11.5. The largest absolute Gasteiger partial charge is 0.437 e.